The van der Waals surface area contributed by atoms with E-state index in [4.69, 9.17) is 4.74 Å². The molecule has 4 nitrogen and oxygen atoms in total. The fraction of sp³-hybridized carbons (Fsp3) is 0.471. The summed E-state index contributed by atoms with van der Waals surface area (Å²) in [5.41, 5.74) is 2.30. The molecule has 1 aromatic heterocycles. The number of morpholine rings is 1. The van der Waals surface area contributed by atoms with Crippen molar-refractivity contribution in [3.05, 3.63) is 53.6 Å². The molecule has 1 aliphatic heterocycles. The van der Waals surface area contributed by atoms with Gasteiger partial charge in [-0.15, -0.1) is 0 Å². The van der Waals surface area contributed by atoms with E-state index in [1.807, 2.05) is 31.6 Å². The predicted molar refractivity (Wildman–Crippen MR) is 83.2 cm³/mol. The van der Waals surface area contributed by atoms with E-state index in [9.17, 15) is 4.39 Å². The van der Waals surface area contributed by atoms with Gasteiger partial charge in [0.15, 0.2) is 0 Å². The fourth-order valence-corrected chi connectivity index (χ4v) is 2.96. The van der Waals surface area contributed by atoms with Crippen molar-refractivity contribution in [1.82, 2.24) is 14.7 Å². The zero-order chi connectivity index (χ0) is 15.5. The van der Waals surface area contributed by atoms with Gasteiger partial charge >= 0.3 is 0 Å². The molecule has 0 radical (unpaired) electrons. The number of nitrogens with zero attached hydrogens (tertiary/aromatic N) is 3. The van der Waals surface area contributed by atoms with Crippen LogP contribution in [0.4, 0.5) is 4.39 Å². The second kappa shape index (κ2) is 6.58. The van der Waals surface area contributed by atoms with Crippen molar-refractivity contribution < 1.29 is 9.13 Å². The lowest BCUT2D eigenvalue weighted by atomic mass is 10.00. The maximum Gasteiger partial charge on any atom is 0.123 e. The third-order valence-corrected chi connectivity index (χ3v) is 4.22. The van der Waals surface area contributed by atoms with E-state index in [0.717, 1.165) is 31.8 Å². The second-order valence-corrected chi connectivity index (χ2v) is 6.02. The molecule has 5 heteroatoms. The van der Waals surface area contributed by atoms with Gasteiger partial charge in [-0.3, -0.25) is 9.58 Å². The molecule has 0 amide bonds. The maximum absolute atomic E-state index is 13.0. The van der Waals surface area contributed by atoms with Gasteiger partial charge in [-0.05, 0) is 23.6 Å². The van der Waals surface area contributed by atoms with Crippen molar-refractivity contribution in [3.8, 4) is 0 Å². The zero-order valence-corrected chi connectivity index (χ0v) is 13.1. The first kappa shape index (κ1) is 15.2. The van der Waals surface area contributed by atoms with Gasteiger partial charge < -0.3 is 4.74 Å². The average molecular weight is 303 g/mol. The number of aromatic nitrogens is 2. The number of aryl methyl sites for hydroxylation is 1. The highest BCUT2D eigenvalue weighted by molar-refractivity contribution is 5.20. The Kier molecular flexibility index (Phi) is 4.55. The van der Waals surface area contributed by atoms with Crippen molar-refractivity contribution in [3.63, 3.8) is 0 Å². The van der Waals surface area contributed by atoms with E-state index in [1.54, 1.807) is 4.68 Å². The summed E-state index contributed by atoms with van der Waals surface area (Å²) < 4.78 is 20.7. The van der Waals surface area contributed by atoms with E-state index < -0.39 is 0 Å². The Morgan fingerprint density at radius 1 is 1.36 bits per heavy atom. The molecule has 1 aliphatic rings. The standard InChI is InChI=1S/C17H22FN3O/c1-13(14-3-5-16(18)6-4-14)10-21-7-8-22-17(12-21)15-9-19-20(2)11-15/h3-6,9,11,13,17H,7-8,10,12H2,1-2H3/t13-,17+/m0/s1. The van der Waals surface area contributed by atoms with Gasteiger partial charge in [0.05, 0.1) is 18.9 Å². The van der Waals surface area contributed by atoms with Gasteiger partial charge in [0, 0.05) is 38.4 Å². The molecule has 0 N–H and O–H groups in total. The SMILES string of the molecule is C[C@@H](CN1CCO[C@@H](c2cnn(C)c2)C1)c1ccc(F)cc1. The summed E-state index contributed by atoms with van der Waals surface area (Å²) in [6.45, 7) is 5.67. The summed E-state index contributed by atoms with van der Waals surface area (Å²) in [5, 5.41) is 4.22. The van der Waals surface area contributed by atoms with Crippen molar-refractivity contribution in [1.29, 1.82) is 0 Å². The normalized spacial score (nSPS) is 21.0. The minimum absolute atomic E-state index is 0.0860. The summed E-state index contributed by atoms with van der Waals surface area (Å²) in [5.74, 6) is 0.187. The minimum Gasteiger partial charge on any atom is -0.371 e. The van der Waals surface area contributed by atoms with Crippen LogP contribution in [-0.4, -0.2) is 40.9 Å². The smallest absolute Gasteiger partial charge is 0.123 e. The highest BCUT2D eigenvalue weighted by Crippen LogP contribution is 2.24. The lowest BCUT2D eigenvalue weighted by Gasteiger charge is -2.34. The van der Waals surface area contributed by atoms with Crippen molar-refractivity contribution in [2.24, 2.45) is 7.05 Å². The lowest BCUT2D eigenvalue weighted by molar-refractivity contribution is -0.0313. The first-order valence-electron chi connectivity index (χ1n) is 7.70. The molecular weight excluding hydrogens is 281 g/mol. The van der Waals surface area contributed by atoms with Crippen LogP contribution in [-0.2, 0) is 11.8 Å². The number of ether oxygens (including phenoxy) is 1. The minimum atomic E-state index is -0.182. The van der Waals surface area contributed by atoms with Crippen LogP contribution in [0.1, 0.15) is 30.1 Å². The van der Waals surface area contributed by atoms with Gasteiger partial charge in [0.2, 0.25) is 0 Å². The number of halogens is 1. The Bertz CT molecular complexity index is 611. The number of hydrogen-bond donors (Lipinski definition) is 0. The quantitative estimate of drug-likeness (QED) is 0.870. The molecule has 3 rings (SSSR count). The van der Waals surface area contributed by atoms with Gasteiger partial charge in [-0.2, -0.15) is 5.10 Å². The molecule has 22 heavy (non-hydrogen) atoms. The third kappa shape index (κ3) is 3.54. The molecular formula is C17H22FN3O. The Hall–Kier alpha value is -1.72. The van der Waals surface area contributed by atoms with Crippen LogP contribution in [0.5, 0.6) is 0 Å². The molecule has 0 saturated carbocycles. The molecule has 0 unspecified atom stereocenters. The van der Waals surface area contributed by atoms with Gasteiger partial charge in [-0.1, -0.05) is 19.1 Å². The molecule has 0 aliphatic carbocycles. The Labute approximate surface area is 130 Å². The van der Waals surface area contributed by atoms with Crippen LogP contribution < -0.4 is 0 Å². The number of hydrogen-bond acceptors (Lipinski definition) is 3. The highest BCUT2D eigenvalue weighted by atomic mass is 19.1. The lowest BCUT2D eigenvalue weighted by Crippen LogP contribution is -2.40. The van der Waals surface area contributed by atoms with E-state index in [1.165, 1.54) is 17.7 Å². The Morgan fingerprint density at radius 3 is 2.82 bits per heavy atom. The maximum atomic E-state index is 13.0. The van der Waals surface area contributed by atoms with Gasteiger partial charge in [0.1, 0.15) is 5.82 Å². The van der Waals surface area contributed by atoms with Crippen molar-refractivity contribution >= 4 is 0 Å². The Morgan fingerprint density at radius 2 is 2.14 bits per heavy atom. The van der Waals surface area contributed by atoms with Crippen LogP contribution >= 0.6 is 0 Å². The summed E-state index contributed by atoms with van der Waals surface area (Å²) in [6, 6.07) is 6.81. The molecule has 2 heterocycles. The monoisotopic (exact) mass is 303 g/mol. The summed E-state index contributed by atoms with van der Waals surface area (Å²) >= 11 is 0. The van der Waals surface area contributed by atoms with E-state index >= 15 is 0 Å². The number of benzene rings is 1. The summed E-state index contributed by atoms with van der Waals surface area (Å²) in [4.78, 5) is 2.41. The molecule has 1 saturated heterocycles. The topological polar surface area (TPSA) is 30.3 Å². The first-order chi connectivity index (χ1) is 10.6. The van der Waals surface area contributed by atoms with E-state index in [2.05, 4.69) is 16.9 Å². The van der Waals surface area contributed by atoms with Crippen LogP contribution in [0.25, 0.3) is 0 Å². The summed E-state index contributed by atoms with van der Waals surface area (Å²) in [7, 11) is 1.92. The predicted octanol–water partition coefficient (Wildman–Crippen LogP) is 2.74. The van der Waals surface area contributed by atoms with Gasteiger partial charge in [-0.25, -0.2) is 4.39 Å². The summed E-state index contributed by atoms with van der Waals surface area (Å²) in [6.07, 6.45) is 3.97. The van der Waals surface area contributed by atoms with Crippen molar-refractivity contribution in [2.45, 2.75) is 18.9 Å². The van der Waals surface area contributed by atoms with Crippen LogP contribution in [0.3, 0.4) is 0 Å². The molecule has 2 aromatic rings. The molecule has 0 bridgehead atoms. The van der Waals surface area contributed by atoms with Gasteiger partial charge in [0.25, 0.3) is 0 Å². The highest BCUT2D eigenvalue weighted by Gasteiger charge is 2.24. The molecule has 118 valence electrons. The average Bonchev–Trinajstić information content (AvgIpc) is 2.95. The fourth-order valence-electron chi connectivity index (χ4n) is 2.96. The molecule has 1 aromatic carbocycles. The largest absolute Gasteiger partial charge is 0.371 e. The second-order valence-electron chi connectivity index (χ2n) is 6.02. The first-order valence-corrected chi connectivity index (χ1v) is 7.70. The Balaban J connectivity index is 1.61. The van der Waals surface area contributed by atoms with E-state index in [0.29, 0.717) is 5.92 Å². The van der Waals surface area contributed by atoms with E-state index in [-0.39, 0.29) is 11.9 Å². The van der Waals surface area contributed by atoms with Crippen molar-refractivity contribution in [2.75, 3.05) is 26.2 Å². The van der Waals surface area contributed by atoms with Crippen LogP contribution in [0.2, 0.25) is 0 Å². The molecule has 0 spiro atoms. The van der Waals surface area contributed by atoms with Crippen LogP contribution in [0.15, 0.2) is 36.7 Å². The third-order valence-electron chi connectivity index (χ3n) is 4.22. The molecule has 1 fully saturated rings. The molecule has 2 atom stereocenters. The van der Waals surface area contributed by atoms with Crippen LogP contribution in [0, 0.1) is 5.82 Å². The number of rotatable bonds is 4. The zero-order valence-electron chi connectivity index (χ0n) is 13.1.